The monoisotopic (exact) mass is 199 g/mol. The van der Waals surface area contributed by atoms with Gasteiger partial charge < -0.3 is 10.1 Å². The van der Waals surface area contributed by atoms with E-state index < -0.39 is 11.7 Å². The van der Waals surface area contributed by atoms with Crippen molar-refractivity contribution in [2.75, 3.05) is 13.1 Å². The quantitative estimate of drug-likeness (QED) is 0.616. The van der Waals surface area contributed by atoms with Crippen LogP contribution < -0.4 is 10.7 Å². The number of nitrogens with zero attached hydrogens (tertiary/aromatic N) is 1. The second-order valence-electron chi connectivity index (χ2n) is 4.22. The molecule has 1 saturated heterocycles. The SMILES string of the molecule is CC(C)(C)OC(=O)NN=C1CCNC1. The van der Waals surface area contributed by atoms with Gasteiger partial charge >= 0.3 is 6.09 Å². The zero-order valence-electron chi connectivity index (χ0n) is 8.89. The fourth-order valence-electron chi connectivity index (χ4n) is 1.07. The number of carbonyl (C=O) groups is 1. The maximum atomic E-state index is 11.2. The lowest BCUT2D eigenvalue weighted by molar-refractivity contribution is 0.0529. The molecule has 5 nitrogen and oxygen atoms in total. The normalized spacial score (nSPS) is 19.8. The van der Waals surface area contributed by atoms with E-state index in [1.165, 1.54) is 0 Å². The van der Waals surface area contributed by atoms with E-state index in [9.17, 15) is 4.79 Å². The first-order valence-electron chi connectivity index (χ1n) is 4.72. The van der Waals surface area contributed by atoms with Crippen LogP contribution in [0, 0.1) is 0 Å². The van der Waals surface area contributed by atoms with Crippen LogP contribution >= 0.6 is 0 Å². The molecule has 1 amide bonds. The molecule has 1 aliphatic heterocycles. The van der Waals surface area contributed by atoms with Gasteiger partial charge in [-0.15, -0.1) is 0 Å². The highest BCUT2D eigenvalue weighted by Crippen LogP contribution is 2.06. The Balaban J connectivity index is 2.30. The van der Waals surface area contributed by atoms with Gasteiger partial charge in [-0.3, -0.25) is 0 Å². The van der Waals surface area contributed by atoms with E-state index in [-0.39, 0.29) is 0 Å². The average molecular weight is 199 g/mol. The summed E-state index contributed by atoms with van der Waals surface area (Å²) in [4.78, 5) is 11.2. The summed E-state index contributed by atoms with van der Waals surface area (Å²) in [5.74, 6) is 0. The molecule has 0 aromatic heterocycles. The van der Waals surface area contributed by atoms with Crippen LogP contribution in [0.3, 0.4) is 0 Å². The number of ether oxygens (including phenoxy) is 1. The highest BCUT2D eigenvalue weighted by atomic mass is 16.6. The predicted octanol–water partition coefficient (Wildman–Crippen LogP) is 0.860. The van der Waals surface area contributed by atoms with Crippen molar-refractivity contribution in [1.82, 2.24) is 10.7 Å². The molecule has 0 bridgehead atoms. The van der Waals surface area contributed by atoms with Gasteiger partial charge in [-0.25, -0.2) is 10.2 Å². The minimum atomic E-state index is -0.503. The van der Waals surface area contributed by atoms with E-state index in [0.29, 0.717) is 0 Å². The molecule has 0 aromatic carbocycles. The summed E-state index contributed by atoms with van der Waals surface area (Å²) in [5.41, 5.74) is 2.85. The first kappa shape index (κ1) is 11.0. The average Bonchev–Trinajstić information content (AvgIpc) is 2.49. The number of nitrogens with one attached hydrogen (secondary N) is 2. The molecule has 0 atom stereocenters. The van der Waals surface area contributed by atoms with E-state index in [1.807, 2.05) is 20.8 Å². The second-order valence-corrected chi connectivity index (χ2v) is 4.22. The Bertz CT molecular complexity index is 235. The number of hydrogen-bond acceptors (Lipinski definition) is 4. The lowest BCUT2D eigenvalue weighted by Crippen LogP contribution is -2.30. The van der Waals surface area contributed by atoms with Crippen molar-refractivity contribution in [2.24, 2.45) is 5.10 Å². The van der Waals surface area contributed by atoms with Gasteiger partial charge in [0.05, 0.1) is 5.71 Å². The van der Waals surface area contributed by atoms with E-state index in [1.54, 1.807) is 0 Å². The van der Waals surface area contributed by atoms with Gasteiger partial charge in [-0.2, -0.15) is 5.10 Å². The van der Waals surface area contributed by atoms with Gasteiger partial charge in [0, 0.05) is 19.5 Å². The summed E-state index contributed by atoms with van der Waals surface area (Å²) in [7, 11) is 0. The Labute approximate surface area is 83.9 Å². The van der Waals surface area contributed by atoms with Crippen molar-refractivity contribution in [3.8, 4) is 0 Å². The lowest BCUT2D eigenvalue weighted by atomic mass is 10.2. The molecule has 0 aromatic rings. The summed E-state index contributed by atoms with van der Waals surface area (Å²) in [6.07, 6.45) is 0.382. The third kappa shape index (κ3) is 4.23. The summed E-state index contributed by atoms with van der Waals surface area (Å²) in [6.45, 7) is 7.12. The molecule has 0 aliphatic carbocycles. The zero-order valence-corrected chi connectivity index (χ0v) is 8.89. The first-order chi connectivity index (χ1) is 6.47. The summed E-state index contributed by atoms with van der Waals surface area (Å²) in [6, 6.07) is 0. The number of carbonyl (C=O) groups excluding carboxylic acids is 1. The van der Waals surface area contributed by atoms with Crippen molar-refractivity contribution in [2.45, 2.75) is 32.8 Å². The molecule has 0 saturated carbocycles. The van der Waals surface area contributed by atoms with Crippen LogP contribution in [0.1, 0.15) is 27.2 Å². The van der Waals surface area contributed by atoms with Gasteiger partial charge in [0.25, 0.3) is 0 Å². The Morgan fingerprint density at radius 3 is 2.79 bits per heavy atom. The zero-order chi connectivity index (χ0) is 10.6. The number of hydrazone groups is 1. The predicted molar refractivity (Wildman–Crippen MR) is 54.3 cm³/mol. The Morgan fingerprint density at radius 1 is 1.57 bits per heavy atom. The Kier molecular flexibility index (Phi) is 3.46. The molecule has 14 heavy (non-hydrogen) atoms. The standard InChI is InChI=1S/C9H17N3O2/c1-9(2,3)14-8(13)12-11-7-4-5-10-6-7/h10H,4-6H2,1-3H3,(H,12,13). The van der Waals surface area contributed by atoms with Crippen LogP contribution in [0.15, 0.2) is 5.10 Å². The molecule has 1 aliphatic rings. The molecule has 2 N–H and O–H groups in total. The van der Waals surface area contributed by atoms with Crippen molar-refractivity contribution in [3.05, 3.63) is 0 Å². The first-order valence-corrected chi connectivity index (χ1v) is 4.72. The number of amides is 1. The molecule has 0 spiro atoms. The van der Waals surface area contributed by atoms with E-state index in [4.69, 9.17) is 4.74 Å². The maximum absolute atomic E-state index is 11.2. The Hall–Kier alpha value is -1.10. The van der Waals surface area contributed by atoms with Crippen LogP contribution in [0.5, 0.6) is 0 Å². The molecule has 5 heteroatoms. The number of hydrogen-bond donors (Lipinski definition) is 2. The smallest absolute Gasteiger partial charge is 0.428 e. The van der Waals surface area contributed by atoms with E-state index in [0.717, 1.165) is 25.2 Å². The minimum Gasteiger partial charge on any atom is -0.443 e. The van der Waals surface area contributed by atoms with E-state index in [2.05, 4.69) is 15.8 Å². The van der Waals surface area contributed by atoms with Crippen LogP contribution in [-0.4, -0.2) is 30.5 Å². The van der Waals surface area contributed by atoms with Gasteiger partial charge in [0.2, 0.25) is 0 Å². The second kappa shape index (κ2) is 4.41. The number of rotatable bonds is 1. The molecule has 1 rings (SSSR count). The third-order valence-electron chi connectivity index (χ3n) is 1.62. The van der Waals surface area contributed by atoms with Crippen molar-refractivity contribution >= 4 is 11.8 Å². The summed E-state index contributed by atoms with van der Waals surface area (Å²) in [5, 5.41) is 7.06. The largest absolute Gasteiger partial charge is 0.443 e. The molecule has 80 valence electrons. The van der Waals surface area contributed by atoms with Gasteiger partial charge in [-0.05, 0) is 20.8 Å². The van der Waals surface area contributed by atoms with Gasteiger partial charge in [0.15, 0.2) is 0 Å². The Morgan fingerprint density at radius 2 is 2.29 bits per heavy atom. The molecule has 1 heterocycles. The topological polar surface area (TPSA) is 62.7 Å². The van der Waals surface area contributed by atoms with Crippen LogP contribution in [-0.2, 0) is 4.74 Å². The summed E-state index contributed by atoms with van der Waals surface area (Å²) >= 11 is 0. The van der Waals surface area contributed by atoms with E-state index >= 15 is 0 Å². The van der Waals surface area contributed by atoms with Crippen molar-refractivity contribution in [1.29, 1.82) is 0 Å². The van der Waals surface area contributed by atoms with Crippen LogP contribution in [0.4, 0.5) is 4.79 Å². The summed E-state index contributed by atoms with van der Waals surface area (Å²) < 4.78 is 5.02. The fourth-order valence-corrected chi connectivity index (χ4v) is 1.07. The van der Waals surface area contributed by atoms with Gasteiger partial charge in [0.1, 0.15) is 5.60 Å². The molecular weight excluding hydrogens is 182 g/mol. The van der Waals surface area contributed by atoms with Crippen LogP contribution in [0.25, 0.3) is 0 Å². The highest BCUT2D eigenvalue weighted by molar-refractivity contribution is 5.89. The molecular formula is C9H17N3O2. The van der Waals surface area contributed by atoms with Gasteiger partial charge in [-0.1, -0.05) is 0 Å². The molecule has 0 radical (unpaired) electrons. The fraction of sp³-hybridized carbons (Fsp3) is 0.778. The maximum Gasteiger partial charge on any atom is 0.428 e. The van der Waals surface area contributed by atoms with Crippen molar-refractivity contribution < 1.29 is 9.53 Å². The molecule has 0 unspecified atom stereocenters. The van der Waals surface area contributed by atoms with Crippen LogP contribution in [0.2, 0.25) is 0 Å². The molecule has 1 fully saturated rings. The highest BCUT2D eigenvalue weighted by Gasteiger charge is 2.16. The minimum absolute atomic E-state index is 0.474. The lowest BCUT2D eigenvalue weighted by Gasteiger charge is -2.18. The third-order valence-corrected chi connectivity index (χ3v) is 1.62. The van der Waals surface area contributed by atoms with Crippen molar-refractivity contribution in [3.63, 3.8) is 0 Å².